The van der Waals surface area contributed by atoms with Crippen LogP contribution in [0, 0.1) is 0 Å². The van der Waals surface area contributed by atoms with Gasteiger partial charge < -0.3 is 15.2 Å². The average Bonchev–Trinajstić information content (AvgIpc) is 2.40. The highest BCUT2D eigenvalue weighted by atomic mass is 32.2. The molecule has 0 radical (unpaired) electrons. The SMILES string of the molecule is COc1ccc(NS(=O)c2ccccc2N)cc1. The zero-order chi connectivity index (χ0) is 13.0. The first-order valence-electron chi connectivity index (χ1n) is 5.37. The standard InChI is InChI=1S/C13H14N2O2S/c1-17-11-8-6-10(7-9-11)15-18(16)13-5-3-2-4-12(13)14/h2-9,15H,14H2,1H3. The van der Waals surface area contributed by atoms with Crippen LogP contribution in [0.1, 0.15) is 0 Å². The van der Waals surface area contributed by atoms with Crippen LogP contribution in [0.15, 0.2) is 53.4 Å². The lowest BCUT2D eigenvalue weighted by molar-refractivity contribution is 0.415. The molecule has 0 saturated heterocycles. The highest BCUT2D eigenvalue weighted by molar-refractivity contribution is 7.86. The first kappa shape index (κ1) is 12.4. The molecule has 2 rings (SSSR count). The van der Waals surface area contributed by atoms with Crippen molar-refractivity contribution in [2.75, 3.05) is 17.6 Å². The molecule has 0 aliphatic rings. The minimum atomic E-state index is -1.37. The van der Waals surface area contributed by atoms with Gasteiger partial charge in [-0.25, -0.2) is 4.21 Å². The third-order valence-corrected chi connectivity index (χ3v) is 3.61. The largest absolute Gasteiger partial charge is 0.497 e. The molecule has 18 heavy (non-hydrogen) atoms. The first-order valence-corrected chi connectivity index (χ1v) is 6.52. The Morgan fingerprint density at radius 1 is 1.11 bits per heavy atom. The third kappa shape index (κ3) is 2.81. The fourth-order valence-electron chi connectivity index (χ4n) is 1.47. The molecule has 3 N–H and O–H groups in total. The molecule has 5 heteroatoms. The minimum absolute atomic E-state index is 0.511. The molecule has 0 fully saturated rings. The van der Waals surface area contributed by atoms with E-state index in [1.165, 1.54) is 0 Å². The van der Waals surface area contributed by atoms with Gasteiger partial charge in [-0.05, 0) is 36.4 Å². The predicted molar refractivity (Wildman–Crippen MR) is 73.9 cm³/mol. The molecule has 0 amide bonds. The number of nitrogens with two attached hydrogens (primary N) is 1. The van der Waals surface area contributed by atoms with E-state index in [-0.39, 0.29) is 0 Å². The number of methoxy groups -OCH3 is 1. The molecule has 2 aromatic rings. The molecule has 0 saturated carbocycles. The van der Waals surface area contributed by atoms with Crippen molar-refractivity contribution in [2.24, 2.45) is 0 Å². The minimum Gasteiger partial charge on any atom is -0.497 e. The molecular formula is C13H14N2O2S. The fraction of sp³-hybridized carbons (Fsp3) is 0.0769. The number of hydrogen-bond donors (Lipinski definition) is 2. The van der Waals surface area contributed by atoms with Crippen LogP contribution in [0.5, 0.6) is 5.75 Å². The van der Waals surface area contributed by atoms with Crippen molar-refractivity contribution in [3.63, 3.8) is 0 Å². The van der Waals surface area contributed by atoms with Crippen molar-refractivity contribution < 1.29 is 8.95 Å². The van der Waals surface area contributed by atoms with Crippen LogP contribution in [0.25, 0.3) is 0 Å². The summed E-state index contributed by atoms with van der Waals surface area (Å²) in [5, 5.41) is 0. The van der Waals surface area contributed by atoms with Gasteiger partial charge in [-0.1, -0.05) is 12.1 Å². The van der Waals surface area contributed by atoms with E-state index in [1.54, 1.807) is 49.6 Å². The van der Waals surface area contributed by atoms with Crippen LogP contribution in [-0.2, 0) is 11.0 Å². The molecule has 0 aliphatic carbocycles. The van der Waals surface area contributed by atoms with Gasteiger partial charge in [-0.2, -0.15) is 0 Å². The Labute approximate surface area is 108 Å². The van der Waals surface area contributed by atoms with Crippen LogP contribution in [0.4, 0.5) is 11.4 Å². The summed E-state index contributed by atoms with van der Waals surface area (Å²) in [5.74, 6) is 0.755. The van der Waals surface area contributed by atoms with E-state index in [9.17, 15) is 4.21 Å². The van der Waals surface area contributed by atoms with Gasteiger partial charge in [-0.15, -0.1) is 0 Å². The summed E-state index contributed by atoms with van der Waals surface area (Å²) in [4.78, 5) is 0.577. The first-order chi connectivity index (χ1) is 8.70. The molecule has 0 spiro atoms. The van der Waals surface area contributed by atoms with Crippen LogP contribution >= 0.6 is 0 Å². The second kappa shape index (κ2) is 5.55. The second-order valence-electron chi connectivity index (χ2n) is 3.64. The molecule has 1 unspecified atom stereocenters. The van der Waals surface area contributed by atoms with E-state index in [4.69, 9.17) is 10.5 Å². The lowest BCUT2D eigenvalue weighted by Gasteiger charge is -2.08. The van der Waals surface area contributed by atoms with Gasteiger partial charge in [0.1, 0.15) is 5.75 Å². The van der Waals surface area contributed by atoms with Crippen molar-refractivity contribution in [3.8, 4) is 5.75 Å². The third-order valence-electron chi connectivity index (χ3n) is 2.42. The summed E-state index contributed by atoms with van der Waals surface area (Å²) in [6.07, 6.45) is 0. The van der Waals surface area contributed by atoms with Gasteiger partial charge in [0, 0.05) is 11.4 Å². The average molecular weight is 262 g/mol. The van der Waals surface area contributed by atoms with Crippen molar-refractivity contribution in [1.82, 2.24) is 0 Å². The number of hydrogen-bond acceptors (Lipinski definition) is 3. The van der Waals surface area contributed by atoms with Crippen molar-refractivity contribution in [3.05, 3.63) is 48.5 Å². The number of ether oxygens (including phenoxy) is 1. The Hall–Kier alpha value is -2.01. The highest BCUT2D eigenvalue weighted by Gasteiger charge is 2.07. The van der Waals surface area contributed by atoms with E-state index in [2.05, 4.69) is 4.72 Å². The van der Waals surface area contributed by atoms with Crippen LogP contribution < -0.4 is 15.2 Å². The molecule has 0 heterocycles. The summed E-state index contributed by atoms with van der Waals surface area (Å²) < 4.78 is 20.0. The maximum absolute atomic E-state index is 12.1. The zero-order valence-electron chi connectivity index (χ0n) is 9.92. The number of para-hydroxylation sites is 1. The lowest BCUT2D eigenvalue weighted by Crippen LogP contribution is -2.07. The van der Waals surface area contributed by atoms with Crippen LogP contribution in [0.3, 0.4) is 0 Å². The number of anilines is 2. The smallest absolute Gasteiger partial charge is 0.152 e. The van der Waals surface area contributed by atoms with Gasteiger partial charge in [0.2, 0.25) is 0 Å². The Morgan fingerprint density at radius 2 is 1.78 bits per heavy atom. The van der Waals surface area contributed by atoms with Crippen molar-refractivity contribution >= 4 is 22.4 Å². The van der Waals surface area contributed by atoms with E-state index in [0.717, 1.165) is 11.4 Å². The summed E-state index contributed by atoms with van der Waals surface area (Å²) >= 11 is 0. The highest BCUT2D eigenvalue weighted by Crippen LogP contribution is 2.20. The molecule has 4 nitrogen and oxygen atoms in total. The zero-order valence-corrected chi connectivity index (χ0v) is 10.7. The quantitative estimate of drug-likeness (QED) is 0.832. The van der Waals surface area contributed by atoms with Gasteiger partial charge in [0.05, 0.1) is 12.0 Å². The van der Waals surface area contributed by atoms with Crippen LogP contribution in [-0.4, -0.2) is 11.3 Å². The number of benzene rings is 2. The van der Waals surface area contributed by atoms with Crippen molar-refractivity contribution in [2.45, 2.75) is 4.90 Å². The number of nitrogens with one attached hydrogen (secondary N) is 1. The second-order valence-corrected chi connectivity index (χ2v) is 4.82. The van der Waals surface area contributed by atoms with E-state index >= 15 is 0 Å². The number of rotatable bonds is 4. The maximum atomic E-state index is 12.1. The topological polar surface area (TPSA) is 64.3 Å². The van der Waals surface area contributed by atoms with Crippen LogP contribution in [0.2, 0.25) is 0 Å². The maximum Gasteiger partial charge on any atom is 0.152 e. The monoisotopic (exact) mass is 262 g/mol. The fourth-order valence-corrected chi connectivity index (χ4v) is 2.41. The molecule has 2 aromatic carbocycles. The normalized spacial score (nSPS) is 11.8. The Bertz CT molecular complexity index is 555. The molecular weight excluding hydrogens is 248 g/mol. The number of nitrogen functional groups attached to an aromatic ring is 1. The summed E-state index contributed by atoms with van der Waals surface area (Å²) in [5.41, 5.74) is 7.03. The Balaban J connectivity index is 2.14. The van der Waals surface area contributed by atoms with Gasteiger partial charge in [0.15, 0.2) is 11.0 Å². The van der Waals surface area contributed by atoms with Gasteiger partial charge >= 0.3 is 0 Å². The molecule has 94 valence electrons. The van der Waals surface area contributed by atoms with Crippen molar-refractivity contribution in [1.29, 1.82) is 0 Å². The molecule has 0 bridgehead atoms. The summed E-state index contributed by atoms with van der Waals surface area (Å²) in [6.45, 7) is 0. The molecule has 0 aromatic heterocycles. The lowest BCUT2D eigenvalue weighted by atomic mass is 10.3. The van der Waals surface area contributed by atoms with E-state index in [1.807, 2.05) is 6.07 Å². The Morgan fingerprint density at radius 3 is 2.39 bits per heavy atom. The van der Waals surface area contributed by atoms with Gasteiger partial charge in [-0.3, -0.25) is 0 Å². The molecule has 1 atom stereocenters. The molecule has 0 aliphatic heterocycles. The van der Waals surface area contributed by atoms with E-state index < -0.39 is 11.0 Å². The Kier molecular flexibility index (Phi) is 3.84. The summed E-state index contributed by atoms with van der Waals surface area (Å²) in [7, 11) is 0.232. The van der Waals surface area contributed by atoms with E-state index in [0.29, 0.717) is 10.6 Å². The summed E-state index contributed by atoms with van der Waals surface area (Å²) in [6, 6.07) is 14.3. The predicted octanol–water partition coefficient (Wildman–Crippen LogP) is 2.41. The van der Waals surface area contributed by atoms with Gasteiger partial charge in [0.25, 0.3) is 0 Å².